The molecule has 2 fully saturated rings. The van der Waals surface area contributed by atoms with Crippen molar-refractivity contribution in [2.24, 2.45) is 0 Å². The molecule has 2 N–H and O–H groups in total. The fourth-order valence-corrected chi connectivity index (χ4v) is 6.46. The molecule has 1 aromatic carbocycles. The van der Waals surface area contributed by atoms with Crippen LogP contribution in [0.15, 0.2) is 24.3 Å². The number of pyridine rings is 1. The van der Waals surface area contributed by atoms with E-state index in [2.05, 4.69) is 29.4 Å². The van der Waals surface area contributed by atoms with E-state index < -0.39 is 17.8 Å². The number of likely N-dealkylation sites (N-methyl/N-ethyl adjacent to an activating group) is 1. The number of methoxy groups -OCH3 is 1. The van der Waals surface area contributed by atoms with Crippen molar-refractivity contribution in [3.8, 4) is 5.75 Å². The molecule has 0 saturated carbocycles. The number of nitrogens with one attached hydrogen (secondary N) is 1. The van der Waals surface area contributed by atoms with Crippen molar-refractivity contribution >= 4 is 11.8 Å². The molecule has 9 heteroatoms. The maximum absolute atomic E-state index is 15.1. The third kappa shape index (κ3) is 6.58. The van der Waals surface area contributed by atoms with Crippen molar-refractivity contribution in [1.82, 2.24) is 14.8 Å². The normalized spacial score (nSPS) is 21.8. The maximum Gasteiger partial charge on any atom is 0.325 e. The Morgan fingerprint density at radius 3 is 2.92 bits per heavy atom. The zero-order chi connectivity index (χ0) is 28.1. The second-order valence-corrected chi connectivity index (χ2v) is 11.4. The summed E-state index contributed by atoms with van der Waals surface area (Å²) in [5.74, 6) is -0.453. The van der Waals surface area contributed by atoms with Crippen molar-refractivity contribution in [2.75, 3.05) is 52.3 Å². The van der Waals surface area contributed by atoms with Gasteiger partial charge in [0.05, 0.1) is 13.2 Å². The van der Waals surface area contributed by atoms with Crippen molar-refractivity contribution in [2.45, 2.75) is 76.0 Å². The topological polar surface area (TPSA) is 87.2 Å². The van der Waals surface area contributed by atoms with Gasteiger partial charge in [-0.15, -0.1) is 0 Å². The van der Waals surface area contributed by atoms with Gasteiger partial charge in [-0.25, -0.2) is 9.37 Å². The standard InChI is InChI=1S/C31H43FN4O4/c1-35(15-5-3-4-9-23-12-11-21-8-6-14-33-30(21)34-23)24-13-16-36(20-24)28(31(37)38)25-18-22(27-10-7-17-40-27)19-26(32)29(25)39-2/h11-12,18-19,24,27-28H,3-10,13-17,20H2,1-2H3,(H,33,34)(H,37,38)/t24-,27-,28+/m1/s1. The third-order valence-electron chi connectivity index (χ3n) is 8.71. The summed E-state index contributed by atoms with van der Waals surface area (Å²) in [4.78, 5) is 21.6. The number of carboxylic acids is 1. The number of benzene rings is 1. The van der Waals surface area contributed by atoms with E-state index in [1.54, 1.807) is 6.07 Å². The van der Waals surface area contributed by atoms with Crippen LogP contribution in [0.4, 0.5) is 10.2 Å². The van der Waals surface area contributed by atoms with Gasteiger partial charge in [0, 0.05) is 43.5 Å². The van der Waals surface area contributed by atoms with Gasteiger partial charge in [-0.05, 0) is 94.3 Å². The minimum atomic E-state index is -0.989. The molecule has 1 aromatic heterocycles. The van der Waals surface area contributed by atoms with Crippen LogP contribution in [-0.4, -0.2) is 78.8 Å². The van der Waals surface area contributed by atoms with E-state index in [4.69, 9.17) is 14.5 Å². The van der Waals surface area contributed by atoms with Gasteiger partial charge in [-0.2, -0.15) is 0 Å². The van der Waals surface area contributed by atoms with Gasteiger partial charge in [0.15, 0.2) is 11.6 Å². The second-order valence-electron chi connectivity index (χ2n) is 11.4. The van der Waals surface area contributed by atoms with Crippen molar-refractivity contribution in [3.63, 3.8) is 0 Å². The fourth-order valence-electron chi connectivity index (χ4n) is 6.46. The molecule has 5 rings (SSSR count). The van der Waals surface area contributed by atoms with Gasteiger partial charge >= 0.3 is 5.97 Å². The molecule has 3 atom stereocenters. The Balaban J connectivity index is 1.14. The molecule has 2 aromatic rings. The van der Waals surface area contributed by atoms with E-state index in [-0.39, 0.29) is 17.9 Å². The molecule has 0 radical (unpaired) electrons. The van der Waals surface area contributed by atoms with E-state index in [9.17, 15) is 9.90 Å². The van der Waals surface area contributed by atoms with Crippen LogP contribution < -0.4 is 10.1 Å². The van der Waals surface area contributed by atoms with Crippen LogP contribution >= 0.6 is 0 Å². The number of halogens is 1. The molecule has 2 saturated heterocycles. The summed E-state index contributed by atoms with van der Waals surface area (Å²) in [6.07, 6.45) is 8.97. The monoisotopic (exact) mass is 554 g/mol. The number of ether oxygens (including phenoxy) is 2. The summed E-state index contributed by atoms with van der Waals surface area (Å²) in [6, 6.07) is 6.88. The number of carboxylic acid groups (broad SMARTS) is 1. The van der Waals surface area contributed by atoms with Gasteiger partial charge in [0.25, 0.3) is 0 Å². The summed E-state index contributed by atoms with van der Waals surface area (Å²) in [5, 5.41) is 13.7. The number of nitrogens with zero attached hydrogens (tertiary/aromatic N) is 3. The highest BCUT2D eigenvalue weighted by Gasteiger charge is 2.38. The highest BCUT2D eigenvalue weighted by atomic mass is 19.1. The molecular formula is C31H43FN4O4. The first-order valence-electron chi connectivity index (χ1n) is 14.8. The van der Waals surface area contributed by atoms with Gasteiger partial charge in [-0.3, -0.25) is 9.69 Å². The zero-order valence-electron chi connectivity index (χ0n) is 23.8. The molecule has 0 spiro atoms. The Morgan fingerprint density at radius 2 is 2.15 bits per heavy atom. The molecule has 40 heavy (non-hydrogen) atoms. The van der Waals surface area contributed by atoms with Crippen molar-refractivity contribution in [3.05, 3.63) is 52.5 Å². The van der Waals surface area contributed by atoms with E-state index in [1.807, 2.05) is 4.90 Å². The molecule has 0 amide bonds. The van der Waals surface area contributed by atoms with Crippen molar-refractivity contribution < 1.29 is 23.8 Å². The van der Waals surface area contributed by atoms with Crippen LogP contribution in [0.2, 0.25) is 0 Å². The summed E-state index contributed by atoms with van der Waals surface area (Å²) < 4.78 is 26.2. The first-order valence-corrected chi connectivity index (χ1v) is 14.8. The average molecular weight is 555 g/mol. The number of hydrogen-bond acceptors (Lipinski definition) is 7. The molecule has 0 unspecified atom stereocenters. The van der Waals surface area contributed by atoms with Crippen LogP contribution in [0, 0.1) is 5.82 Å². The number of fused-ring (bicyclic) bond motifs is 1. The van der Waals surface area contributed by atoms with Crippen molar-refractivity contribution in [1.29, 1.82) is 0 Å². The SMILES string of the molecule is COc1c(F)cc([C@H]2CCCO2)cc1[C@@H](C(=O)O)N1CC[C@@H](N(C)CCCCCc2ccc3c(n2)NCCC3)C1. The maximum atomic E-state index is 15.1. The fraction of sp³-hybridized carbons (Fsp3) is 0.613. The number of aryl methyl sites for hydroxylation is 2. The van der Waals surface area contributed by atoms with Crippen LogP contribution in [0.3, 0.4) is 0 Å². The largest absolute Gasteiger partial charge is 0.493 e. The van der Waals surface area contributed by atoms with Crippen LogP contribution in [0.5, 0.6) is 5.75 Å². The van der Waals surface area contributed by atoms with Gasteiger partial charge in [-0.1, -0.05) is 12.5 Å². The third-order valence-corrected chi connectivity index (χ3v) is 8.71. The Hall–Kier alpha value is -2.75. The Morgan fingerprint density at radius 1 is 1.27 bits per heavy atom. The predicted molar refractivity (Wildman–Crippen MR) is 152 cm³/mol. The van der Waals surface area contributed by atoms with Crippen LogP contribution in [0.25, 0.3) is 0 Å². The Bertz CT molecular complexity index is 1170. The lowest BCUT2D eigenvalue weighted by Gasteiger charge is -2.29. The Labute approximate surface area is 236 Å². The average Bonchev–Trinajstić information content (AvgIpc) is 3.66. The number of anilines is 1. The Kier molecular flexibility index (Phi) is 9.55. The summed E-state index contributed by atoms with van der Waals surface area (Å²) in [7, 11) is 3.52. The quantitative estimate of drug-likeness (QED) is 0.355. The molecule has 0 aliphatic carbocycles. The number of carbonyl (C=O) groups is 1. The highest BCUT2D eigenvalue weighted by molar-refractivity contribution is 5.77. The molecule has 3 aliphatic rings. The lowest BCUT2D eigenvalue weighted by atomic mass is 9.97. The van der Waals surface area contributed by atoms with E-state index in [1.165, 1.54) is 25.2 Å². The number of aromatic nitrogens is 1. The number of likely N-dealkylation sites (tertiary alicyclic amines) is 1. The second kappa shape index (κ2) is 13.3. The number of aliphatic carboxylic acids is 1. The molecule has 218 valence electrons. The number of hydrogen-bond donors (Lipinski definition) is 2. The highest BCUT2D eigenvalue weighted by Crippen LogP contribution is 2.39. The first kappa shape index (κ1) is 28.8. The number of rotatable bonds is 12. The molecule has 3 aliphatic heterocycles. The molecule has 4 heterocycles. The molecule has 0 bridgehead atoms. The van der Waals surface area contributed by atoms with Crippen LogP contribution in [0.1, 0.15) is 79.5 Å². The van der Waals surface area contributed by atoms with E-state index in [0.717, 1.165) is 76.0 Å². The van der Waals surface area contributed by atoms with E-state index >= 15 is 4.39 Å². The smallest absolute Gasteiger partial charge is 0.325 e. The summed E-state index contributed by atoms with van der Waals surface area (Å²) in [5.41, 5.74) is 3.54. The molecule has 8 nitrogen and oxygen atoms in total. The summed E-state index contributed by atoms with van der Waals surface area (Å²) in [6.45, 7) is 3.86. The van der Waals surface area contributed by atoms with E-state index in [0.29, 0.717) is 30.8 Å². The van der Waals surface area contributed by atoms with Gasteiger partial charge in [0.2, 0.25) is 0 Å². The lowest BCUT2D eigenvalue weighted by molar-refractivity contribution is -0.143. The number of unbranched alkanes of at least 4 members (excludes halogenated alkanes) is 2. The van der Waals surface area contributed by atoms with Gasteiger partial charge in [0.1, 0.15) is 11.9 Å². The lowest BCUT2D eigenvalue weighted by Crippen LogP contribution is -2.38. The predicted octanol–water partition coefficient (Wildman–Crippen LogP) is 4.98. The summed E-state index contributed by atoms with van der Waals surface area (Å²) >= 11 is 0. The first-order chi connectivity index (χ1) is 19.4. The molecular weight excluding hydrogens is 511 g/mol. The minimum absolute atomic E-state index is 0.00940. The zero-order valence-corrected chi connectivity index (χ0v) is 23.8. The van der Waals surface area contributed by atoms with Crippen LogP contribution in [-0.2, 0) is 22.4 Å². The minimum Gasteiger partial charge on any atom is -0.493 e. The van der Waals surface area contributed by atoms with Gasteiger partial charge < -0.3 is 24.8 Å².